The van der Waals surface area contributed by atoms with Crippen LogP contribution in [0.5, 0.6) is 5.75 Å². The Labute approximate surface area is 230 Å². The SMILES string of the molecule is COc1c(NC(=O)c2cccc(C#N)c2)cnc2c1c([C@@H]1CCN(C(=O)C3CCCCC3)C(C)(C)C1)cn2C. The summed E-state index contributed by atoms with van der Waals surface area (Å²) in [5, 5.41) is 13.0. The van der Waals surface area contributed by atoms with Crippen LogP contribution in [0.25, 0.3) is 11.0 Å². The predicted molar refractivity (Wildman–Crippen MR) is 151 cm³/mol. The van der Waals surface area contributed by atoms with Gasteiger partial charge in [-0.2, -0.15) is 5.26 Å². The molecule has 3 heterocycles. The van der Waals surface area contributed by atoms with Gasteiger partial charge in [0.1, 0.15) is 11.3 Å². The van der Waals surface area contributed by atoms with Crippen molar-refractivity contribution in [3.05, 3.63) is 53.3 Å². The highest BCUT2D eigenvalue weighted by Crippen LogP contribution is 2.45. The molecule has 204 valence electrons. The Balaban J connectivity index is 1.44. The fourth-order valence-corrected chi connectivity index (χ4v) is 6.53. The number of nitrogens with zero attached hydrogens (tertiary/aromatic N) is 4. The first-order valence-corrected chi connectivity index (χ1v) is 13.9. The van der Waals surface area contributed by atoms with Gasteiger partial charge in [-0.25, -0.2) is 4.98 Å². The predicted octanol–water partition coefficient (Wildman–Crippen LogP) is 5.77. The number of hydrogen-bond donors (Lipinski definition) is 1. The molecule has 5 rings (SSSR count). The quantitative estimate of drug-likeness (QED) is 0.454. The lowest BCUT2D eigenvalue weighted by atomic mass is 9.77. The van der Waals surface area contributed by atoms with Gasteiger partial charge < -0.3 is 19.5 Å². The molecule has 2 aromatic heterocycles. The first-order chi connectivity index (χ1) is 18.7. The number of ether oxygens (including phenoxy) is 1. The lowest BCUT2D eigenvalue weighted by molar-refractivity contribution is -0.144. The van der Waals surface area contributed by atoms with E-state index in [4.69, 9.17) is 4.74 Å². The number of hydrogen-bond acceptors (Lipinski definition) is 5. The number of pyridine rings is 1. The Kier molecular flexibility index (Phi) is 7.35. The van der Waals surface area contributed by atoms with Gasteiger partial charge >= 0.3 is 0 Å². The minimum atomic E-state index is -0.334. The molecule has 0 spiro atoms. The average Bonchev–Trinajstić information content (AvgIpc) is 3.28. The molecule has 3 aromatic rings. The van der Waals surface area contributed by atoms with Gasteiger partial charge in [-0.15, -0.1) is 0 Å². The number of amides is 2. The van der Waals surface area contributed by atoms with Gasteiger partial charge in [-0.05, 0) is 69.2 Å². The average molecular weight is 528 g/mol. The van der Waals surface area contributed by atoms with E-state index in [0.717, 1.165) is 61.7 Å². The van der Waals surface area contributed by atoms with Gasteiger partial charge in [0.25, 0.3) is 5.91 Å². The third-order valence-corrected chi connectivity index (χ3v) is 8.51. The summed E-state index contributed by atoms with van der Waals surface area (Å²) in [4.78, 5) is 33.3. The molecule has 1 aromatic carbocycles. The van der Waals surface area contributed by atoms with E-state index in [9.17, 15) is 14.9 Å². The van der Waals surface area contributed by atoms with Crippen LogP contribution in [0.2, 0.25) is 0 Å². The van der Waals surface area contributed by atoms with Crippen molar-refractivity contribution < 1.29 is 14.3 Å². The summed E-state index contributed by atoms with van der Waals surface area (Å²) in [6, 6.07) is 8.66. The molecular formula is C31H37N5O3. The minimum absolute atomic E-state index is 0.163. The summed E-state index contributed by atoms with van der Waals surface area (Å²) in [5.41, 5.74) is 2.93. The molecule has 2 fully saturated rings. The molecule has 0 unspecified atom stereocenters. The van der Waals surface area contributed by atoms with Crippen LogP contribution in [-0.2, 0) is 11.8 Å². The molecular weight excluding hydrogens is 490 g/mol. The second-order valence-electron chi connectivity index (χ2n) is 11.6. The first-order valence-electron chi connectivity index (χ1n) is 13.9. The maximum atomic E-state index is 13.5. The summed E-state index contributed by atoms with van der Waals surface area (Å²) < 4.78 is 7.89. The van der Waals surface area contributed by atoms with Crippen molar-refractivity contribution in [2.24, 2.45) is 13.0 Å². The zero-order valence-electron chi connectivity index (χ0n) is 23.3. The van der Waals surface area contributed by atoms with Gasteiger partial charge in [-0.3, -0.25) is 9.59 Å². The van der Waals surface area contributed by atoms with Gasteiger partial charge in [0.15, 0.2) is 5.75 Å². The van der Waals surface area contributed by atoms with Crippen LogP contribution in [0.15, 0.2) is 36.7 Å². The van der Waals surface area contributed by atoms with Crippen LogP contribution in [-0.4, -0.2) is 45.5 Å². The van der Waals surface area contributed by atoms with E-state index in [1.807, 2.05) is 11.6 Å². The van der Waals surface area contributed by atoms with Crippen molar-refractivity contribution in [3.63, 3.8) is 0 Å². The molecule has 1 saturated heterocycles. The number of carbonyl (C=O) groups is 2. The van der Waals surface area contributed by atoms with E-state index < -0.39 is 0 Å². The fourth-order valence-electron chi connectivity index (χ4n) is 6.53. The number of aryl methyl sites for hydroxylation is 1. The van der Waals surface area contributed by atoms with Gasteiger partial charge in [-0.1, -0.05) is 25.3 Å². The zero-order chi connectivity index (χ0) is 27.7. The number of methoxy groups -OCH3 is 1. The van der Waals surface area contributed by atoms with E-state index in [2.05, 4.69) is 41.3 Å². The van der Waals surface area contributed by atoms with Crippen LogP contribution in [0, 0.1) is 17.2 Å². The maximum Gasteiger partial charge on any atom is 0.255 e. The van der Waals surface area contributed by atoms with E-state index in [-0.39, 0.29) is 23.3 Å². The monoisotopic (exact) mass is 527 g/mol. The van der Waals surface area contributed by atoms with E-state index in [1.54, 1.807) is 37.6 Å². The van der Waals surface area contributed by atoms with E-state index >= 15 is 0 Å². The van der Waals surface area contributed by atoms with Crippen molar-refractivity contribution in [2.75, 3.05) is 19.0 Å². The Bertz CT molecular complexity index is 1440. The lowest BCUT2D eigenvalue weighted by Crippen LogP contribution is -2.54. The molecule has 0 radical (unpaired) electrons. The highest BCUT2D eigenvalue weighted by molar-refractivity contribution is 6.07. The Morgan fingerprint density at radius 3 is 2.64 bits per heavy atom. The number of anilines is 1. The van der Waals surface area contributed by atoms with Gasteiger partial charge in [0.05, 0.1) is 30.3 Å². The summed E-state index contributed by atoms with van der Waals surface area (Å²) in [6.45, 7) is 5.09. The zero-order valence-corrected chi connectivity index (χ0v) is 23.3. The third kappa shape index (κ3) is 5.10. The van der Waals surface area contributed by atoms with Crippen LogP contribution in [0.1, 0.15) is 86.2 Å². The summed E-state index contributed by atoms with van der Waals surface area (Å²) in [6.07, 6.45) is 11.0. The number of benzene rings is 1. The van der Waals surface area contributed by atoms with Crippen LogP contribution < -0.4 is 10.1 Å². The number of rotatable bonds is 5. The second kappa shape index (κ2) is 10.7. The highest BCUT2D eigenvalue weighted by Gasteiger charge is 2.41. The first kappa shape index (κ1) is 26.7. The largest absolute Gasteiger partial charge is 0.494 e. The van der Waals surface area contributed by atoms with Crippen LogP contribution in [0.4, 0.5) is 5.69 Å². The topological polar surface area (TPSA) is 100 Å². The number of likely N-dealkylation sites (tertiary alicyclic amines) is 1. The standard InChI is InChI=1S/C31H37N5O3/c1-31(2)16-23(13-14-36(31)30(38)21-10-6-5-7-11-21)24-19-35(3)28-26(24)27(39-4)25(18-33-28)34-29(37)22-12-8-9-20(15-22)17-32/h8-9,12,15,18-19,21,23H,5-7,10-11,13-14,16H2,1-4H3,(H,34,37)/t23-/m1/s1. The van der Waals surface area contributed by atoms with Crippen molar-refractivity contribution >= 4 is 28.5 Å². The Morgan fingerprint density at radius 1 is 1.18 bits per heavy atom. The smallest absolute Gasteiger partial charge is 0.255 e. The molecule has 1 N–H and O–H groups in total. The van der Waals surface area contributed by atoms with Crippen molar-refractivity contribution in [1.29, 1.82) is 5.26 Å². The number of fused-ring (bicyclic) bond motifs is 1. The third-order valence-electron chi connectivity index (χ3n) is 8.51. The van der Waals surface area contributed by atoms with Gasteiger partial charge in [0.2, 0.25) is 5.91 Å². The second-order valence-corrected chi connectivity index (χ2v) is 11.6. The number of piperidine rings is 1. The molecule has 1 atom stereocenters. The molecule has 2 aliphatic rings. The molecule has 0 bridgehead atoms. The Hall–Kier alpha value is -3.86. The molecule has 2 amide bonds. The molecule has 1 aliphatic carbocycles. The molecule has 8 nitrogen and oxygen atoms in total. The Morgan fingerprint density at radius 2 is 1.95 bits per heavy atom. The van der Waals surface area contributed by atoms with Gasteiger partial charge in [0, 0.05) is 36.8 Å². The summed E-state index contributed by atoms with van der Waals surface area (Å²) in [5.74, 6) is 0.934. The molecule has 1 aliphatic heterocycles. The number of aromatic nitrogens is 2. The minimum Gasteiger partial charge on any atom is -0.494 e. The lowest BCUT2D eigenvalue weighted by Gasteiger charge is -2.47. The summed E-state index contributed by atoms with van der Waals surface area (Å²) in [7, 11) is 3.57. The molecule has 39 heavy (non-hydrogen) atoms. The number of nitrogens with one attached hydrogen (secondary N) is 1. The fraction of sp³-hybridized carbons (Fsp3) is 0.484. The molecule has 8 heteroatoms. The van der Waals surface area contributed by atoms with E-state index in [0.29, 0.717) is 28.5 Å². The molecule has 1 saturated carbocycles. The van der Waals surface area contributed by atoms with Crippen LogP contribution in [0.3, 0.4) is 0 Å². The van der Waals surface area contributed by atoms with Crippen molar-refractivity contribution in [2.45, 2.75) is 70.3 Å². The normalized spacial score (nSPS) is 19.5. The van der Waals surface area contributed by atoms with Crippen LogP contribution >= 0.6 is 0 Å². The summed E-state index contributed by atoms with van der Waals surface area (Å²) >= 11 is 0. The number of nitriles is 1. The number of carbonyl (C=O) groups excluding carboxylic acids is 2. The highest BCUT2D eigenvalue weighted by atomic mass is 16.5. The van der Waals surface area contributed by atoms with Crippen molar-refractivity contribution in [3.8, 4) is 11.8 Å². The van der Waals surface area contributed by atoms with Crippen molar-refractivity contribution in [1.82, 2.24) is 14.5 Å². The maximum absolute atomic E-state index is 13.5. The van der Waals surface area contributed by atoms with E-state index in [1.165, 1.54) is 6.42 Å².